The van der Waals surface area contributed by atoms with Gasteiger partial charge in [0.25, 0.3) is 0 Å². The number of aldehydes is 1. The average molecular weight is 369 g/mol. The maximum Gasteiger partial charge on any atom is 0.407 e. The van der Waals surface area contributed by atoms with Crippen LogP contribution < -0.4 is 14.8 Å². The van der Waals surface area contributed by atoms with Crippen molar-refractivity contribution in [3.8, 4) is 11.5 Å². The molecule has 0 bridgehead atoms. The Hall–Kier alpha value is -2.32. The molecule has 0 spiro atoms. The van der Waals surface area contributed by atoms with E-state index in [9.17, 15) is 19.8 Å². The zero-order valence-electron chi connectivity index (χ0n) is 15.7. The molecule has 26 heavy (non-hydrogen) atoms. The van der Waals surface area contributed by atoms with E-state index in [4.69, 9.17) is 14.2 Å². The number of benzene rings is 1. The lowest BCUT2D eigenvalue weighted by molar-refractivity contribution is 0.0119. The summed E-state index contributed by atoms with van der Waals surface area (Å²) in [5, 5.41) is 23.1. The lowest BCUT2D eigenvalue weighted by Crippen LogP contribution is -2.34. The van der Waals surface area contributed by atoms with Gasteiger partial charge in [0.2, 0.25) is 0 Å². The number of aliphatic hydroxyl groups is 2. The molecule has 0 fully saturated rings. The van der Waals surface area contributed by atoms with Gasteiger partial charge in [0.1, 0.15) is 11.7 Å². The molecule has 8 heteroatoms. The van der Waals surface area contributed by atoms with Crippen molar-refractivity contribution in [3.05, 3.63) is 23.3 Å². The molecule has 2 atom stereocenters. The number of hydrogen-bond acceptors (Lipinski definition) is 7. The van der Waals surface area contributed by atoms with Crippen LogP contribution in [-0.2, 0) is 4.74 Å². The van der Waals surface area contributed by atoms with Crippen LogP contribution in [0.25, 0.3) is 0 Å². The van der Waals surface area contributed by atoms with Crippen LogP contribution in [0.3, 0.4) is 0 Å². The van der Waals surface area contributed by atoms with Gasteiger partial charge in [-0.25, -0.2) is 4.79 Å². The molecule has 0 aliphatic rings. The number of hydrogen-bond donors (Lipinski definition) is 3. The van der Waals surface area contributed by atoms with Gasteiger partial charge in [-0.05, 0) is 44.9 Å². The van der Waals surface area contributed by atoms with E-state index in [1.54, 1.807) is 20.8 Å². The molecule has 0 heterocycles. The largest absolute Gasteiger partial charge is 0.493 e. The third-order valence-electron chi connectivity index (χ3n) is 3.51. The van der Waals surface area contributed by atoms with Gasteiger partial charge < -0.3 is 29.7 Å². The molecule has 1 amide bonds. The first-order chi connectivity index (χ1) is 12.1. The number of amides is 1. The predicted molar refractivity (Wildman–Crippen MR) is 94.8 cm³/mol. The van der Waals surface area contributed by atoms with Gasteiger partial charge in [-0.15, -0.1) is 0 Å². The lowest BCUT2D eigenvalue weighted by Gasteiger charge is -2.22. The Bertz CT molecular complexity index is 625. The third-order valence-corrected chi connectivity index (χ3v) is 3.51. The summed E-state index contributed by atoms with van der Waals surface area (Å²) in [4.78, 5) is 22.9. The van der Waals surface area contributed by atoms with Crippen LogP contribution in [0.5, 0.6) is 11.5 Å². The standard InChI is InChI=1S/C18H27NO7/c1-18(2,3)26-17(23)19-7-6-13(21)16(22)12-9-15(25-5)14(24-4)8-11(12)10-20/h8-10,13,16,21-22H,6-7H2,1-5H3,(H,19,23). The molecule has 0 aromatic heterocycles. The summed E-state index contributed by atoms with van der Waals surface area (Å²) in [6.45, 7) is 5.31. The minimum atomic E-state index is -1.34. The van der Waals surface area contributed by atoms with Crippen molar-refractivity contribution >= 4 is 12.4 Å². The van der Waals surface area contributed by atoms with Gasteiger partial charge in [0.05, 0.1) is 20.3 Å². The van der Waals surface area contributed by atoms with Crippen molar-refractivity contribution < 1.29 is 34.0 Å². The zero-order chi connectivity index (χ0) is 19.9. The molecule has 2 unspecified atom stereocenters. The van der Waals surface area contributed by atoms with E-state index < -0.39 is 23.9 Å². The third kappa shape index (κ3) is 6.20. The quantitative estimate of drug-likeness (QED) is 0.599. The topological polar surface area (TPSA) is 114 Å². The van der Waals surface area contributed by atoms with Crippen LogP contribution in [0.2, 0.25) is 0 Å². The van der Waals surface area contributed by atoms with E-state index in [0.717, 1.165) is 0 Å². The predicted octanol–water partition coefficient (Wildman–Crippen LogP) is 1.83. The van der Waals surface area contributed by atoms with E-state index in [1.807, 2.05) is 0 Å². The second-order valence-electron chi connectivity index (χ2n) is 6.68. The molecule has 0 saturated carbocycles. The van der Waals surface area contributed by atoms with Gasteiger partial charge in [-0.1, -0.05) is 0 Å². The number of carbonyl (C=O) groups is 2. The highest BCUT2D eigenvalue weighted by atomic mass is 16.6. The second-order valence-corrected chi connectivity index (χ2v) is 6.68. The van der Waals surface area contributed by atoms with Gasteiger partial charge in [0, 0.05) is 12.1 Å². The molecule has 1 aromatic rings. The van der Waals surface area contributed by atoms with Crippen LogP contribution in [-0.4, -0.2) is 55.1 Å². The fourth-order valence-corrected chi connectivity index (χ4v) is 2.27. The molecule has 3 N–H and O–H groups in total. The molecule has 0 aliphatic heterocycles. The fourth-order valence-electron chi connectivity index (χ4n) is 2.27. The molecule has 1 aromatic carbocycles. The molecule has 1 rings (SSSR count). The summed E-state index contributed by atoms with van der Waals surface area (Å²) in [5.74, 6) is 0.665. The van der Waals surface area contributed by atoms with E-state index in [1.165, 1.54) is 26.4 Å². The van der Waals surface area contributed by atoms with Crippen molar-refractivity contribution in [3.63, 3.8) is 0 Å². The van der Waals surface area contributed by atoms with E-state index in [-0.39, 0.29) is 24.1 Å². The maximum absolute atomic E-state index is 11.6. The highest BCUT2D eigenvalue weighted by molar-refractivity contribution is 5.79. The maximum atomic E-state index is 11.6. The first-order valence-corrected chi connectivity index (χ1v) is 8.17. The first kappa shape index (κ1) is 21.7. The van der Waals surface area contributed by atoms with E-state index >= 15 is 0 Å². The number of aliphatic hydroxyl groups excluding tert-OH is 2. The Balaban J connectivity index is 2.77. The van der Waals surface area contributed by atoms with Gasteiger partial charge >= 0.3 is 6.09 Å². The number of methoxy groups -OCH3 is 2. The van der Waals surface area contributed by atoms with Crippen molar-refractivity contribution in [2.24, 2.45) is 0 Å². The van der Waals surface area contributed by atoms with Crippen molar-refractivity contribution in [2.45, 2.75) is 45.0 Å². The highest BCUT2D eigenvalue weighted by Crippen LogP contribution is 2.34. The first-order valence-electron chi connectivity index (χ1n) is 8.17. The Kier molecular flexibility index (Phi) is 7.85. The number of ether oxygens (including phenoxy) is 3. The highest BCUT2D eigenvalue weighted by Gasteiger charge is 2.24. The molecule has 0 aliphatic carbocycles. The summed E-state index contributed by atoms with van der Waals surface area (Å²) in [6.07, 6.45) is -2.53. The molecule has 146 valence electrons. The van der Waals surface area contributed by atoms with Gasteiger partial charge in [0.15, 0.2) is 17.8 Å². The molecular weight excluding hydrogens is 342 g/mol. The Morgan fingerprint density at radius 2 is 1.77 bits per heavy atom. The fraction of sp³-hybridized carbons (Fsp3) is 0.556. The SMILES string of the molecule is COc1cc(C=O)c(C(O)C(O)CCNC(=O)OC(C)(C)C)cc1OC. The summed E-state index contributed by atoms with van der Waals surface area (Å²) in [5.41, 5.74) is -0.238. The van der Waals surface area contributed by atoms with Gasteiger partial charge in [-0.3, -0.25) is 4.79 Å². The minimum Gasteiger partial charge on any atom is -0.493 e. The Morgan fingerprint density at radius 1 is 1.19 bits per heavy atom. The average Bonchev–Trinajstić information content (AvgIpc) is 2.57. The lowest BCUT2D eigenvalue weighted by atomic mass is 9.97. The molecule has 0 saturated heterocycles. The summed E-state index contributed by atoms with van der Waals surface area (Å²) < 4.78 is 15.4. The van der Waals surface area contributed by atoms with Crippen LogP contribution in [0.15, 0.2) is 12.1 Å². The van der Waals surface area contributed by atoms with Crippen molar-refractivity contribution in [2.75, 3.05) is 20.8 Å². The number of rotatable bonds is 8. The Morgan fingerprint density at radius 3 is 2.27 bits per heavy atom. The number of carbonyl (C=O) groups excluding carboxylic acids is 2. The van der Waals surface area contributed by atoms with Crippen LogP contribution in [0.1, 0.15) is 49.2 Å². The molecular formula is C18H27NO7. The van der Waals surface area contributed by atoms with Gasteiger partial charge in [-0.2, -0.15) is 0 Å². The normalized spacial score (nSPS) is 13.5. The van der Waals surface area contributed by atoms with E-state index in [0.29, 0.717) is 17.8 Å². The van der Waals surface area contributed by atoms with Crippen molar-refractivity contribution in [1.82, 2.24) is 5.32 Å². The smallest absolute Gasteiger partial charge is 0.407 e. The summed E-state index contributed by atoms with van der Waals surface area (Å²) >= 11 is 0. The van der Waals surface area contributed by atoms with Crippen LogP contribution >= 0.6 is 0 Å². The molecule has 0 radical (unpaired) electrons. The van der Waals surface area contributed by atoms with Crippen LogP contribution in [0, 0.1) is 0 Å². The van der Waals surface area contributed by atoms with E-state index in [2.05, 4.69) is 5.32 Å². The summed E-state index contributed by atoms with van der Waals surface area (Å²) in [6, 6.07) is 2.87. The zero-order valence-corrected chi connectivity index (χ0v) is 15.7. The van der Waals surface area contributed by atoms with Crippen LogP contribution in [0.4, 0.5) is 4.79 Å². The monoisotopic (exact) mass is 369 g/mol. The molecule has 8 nitrogen and oxygen atoms in total. The summed E-state index contributed by atoms with van der Waals surface area (Å²) in [7, 11) is 2.86. The minimum absolute atomic E-state index is 0.0626. The number of nitrogens with one attached hydrogen (secondary N) is 1. The number of alkyl carbamates (subject to hydrolysis) is 1. The second kappa shape index (κ2) is 9.40. The Labute approximate surface area is 153 Å². The van der Waals surface area contributed by atoms with Crippen molar-refractivity contribution in [1.29, 1.82) is 0 Å².